The van der Waals surface area contributed by atoms with Gasteiger partial charge in [-0.3, -0.25) is 9.59 Å². The molecule has 2 aliphatic heterocycles. The molecule has 0 saturated carbocycles. The molecule has 4 heterocycles. The van der Waals surface area contributed by atoms with E-state index in [1.807, 2.05) is 23.2 Å². The molecule has 0 unspecified atom stereocenters. The van der Waals surface area contributed by atoms with Crippen molar-refractivity contribution in [1.82, 2.24) is 24.4 Å². The number of hydrogen-bond acceptors (Lipinski definition) is 5. The standard InChI is InChI=1S/C17H22N6O2/c1-20-12-13(2-5-16(20)24)17(25)22-10-8-21(9-11-22)15-4-3-14-18-6-7-23(14)19-15/h3-4,6-7,13H,2,5,8-12H2,1H3/t13-/m1/s1. The van der Waals surface area contributed by atoms with Crippen molar-refractivity contribution >= 4 is 23.3 Å². The highest BCUT2D eigenvalue weighted by Gasteiger charge is 2.32. The number of likely N-dealkylation sites (tertiary alicyclic amines) is 1. The summed E-state index contributed by atoms with van der Waals surface area (Å²) in [5.74, 6) is 1.15. The van der Waals surface area contributed by atoms with E-state index in [1.165, 1.54) is 0 Å². The number of rotatable bonds is 2. The van der Waals surface area contributed by atoms with Gasteiger partial charge < -0.3 is 14.7 Å². The molecule has 2 aromatic heterocycles. The maximum Gasteiger partial charge on any atom is 0.227 e. The van der Waals surface area contributed by atoms with Crippen molar-refractivity contribution in [2.45, 2.75) is 12.8 Å². The number of carbonyl (C=O) groups is 2. The first kappa shape index (κ1) is 15.9. The summed E-state index contributed by atoms with van der Waals surface area (Å²) in [5.41, 5.74) is 0.827. The van der Waals surface area contributed by atoms with Crippen LogP contribution in [0.2, 0.25) is 0 Å². The molecule has 2 saturated heterocycles. The Morgan fingerprint density at radius 1 is 1.20 bits per heavy atom. The van der Waals surface area contributed by atoms with Crippen molar-refractivity contribution < 1.29 is 9.59 Å². The highest BCUT2D eigenvalue weighted by molar-refractivity contribution is 5.84. The predicted octanol–water partition coefficient (Wildman–Crippen LogP) is 0.246. The van der Waals surface area contributed by atoms with Crippen LogP contribution < -0.4 is 4.90 Å². The Morgan fingerprint density at radius 2 is 2.00 bits per heavy atom. The first-order valence-electron chi connectivity index (χ1n) is 8.70. The van der Waals surface area contributed by atoms with Crippen LogP contribution in [0.5, 0.6) is 0 Å². The number of imidazole rings is 1. The number of aromatic nitrogens is 3. The van der Waals surface area contributed by atoms with E-state index in [0.29, 0.717) is 32.5 Å². The van der Waals surface area contributed by atoms with Crippen LogP contribution in [0.15, 0.2) is 24.5 Å². The second-order valence-electron chi connectivity index (χ2n) is 6.74. The maximum absolute atomic E-state index is 12.7. The van der Waals surface area contributed by atoms with E-state index in [4.69, 9.17) is 0 Å². The fourth-order valence-corrected chi connectivity index (χ4v) is 3.60. The summed E-state index contributed by atoms with van der Waals surface area (Å²) in [4.78, 5) is 34.3. The molecular formula is C17H22N6O2. The highest BCUT2D eigenvalue weighted by atomic mass is 16.2. The van der Waals surface area contributed by atoms with Crippen molar-refractivity contribution in [3.05, 3.63) is 24.5 Å². The Labute approximate surface area is 146 Å². The van der Waals surface area contributed by atoms with Gasteiger partial charge in [-0.05, 0) is 18.6 Å². The van der Waals surface area contributed by atoms with Gasteiger partial charge in [-0.15, -0.1) is 5.10 Å². The Hall–Kier alpha value is -2.64. The Balaban J connectivity index is 1.37. The molecule has 132 valence electrons. The summed E-state index contributed by atoms with van der Waals surface area (Å²) < 4.78 is 1.77. The van der Waals surface area contributed by atoms with Gasteiger partial charge in [0.05, 0.1) is 5.92 Å². The van der Waals surface area contributed by atoms with Gasteiger partial charge in [0.2, 0.25) is 11.8 Å². The van der Waals surface area contributed by atoms with Gasteiger partial charge in [-0.1, -0.05) is 0 Å². The average molecular weight is 342 g/mol. The molecule has 0 aliphatic carbocycles. The molecule has 8 nitrogen and oxygen atoms in total. The minimum Gasteiger partial charge on any atom is -0.352 e. The summed E-state index contributed by atoms with van der Waals surface area (Å²) in [6.07, 6.45) is 4.71. The molecule has 25 heavy (non-hydrogen) atoms. The van der Waals surface area contributed by atoms with Gasteiger partial charge in [0, 0.05) is 58.6 Å². The number of hydrogen-bond donors (Lipinski definition) is 0. The maximum atomic E-state index is 12.7. The van der Waals surface area contributed by atoms with E-state index < -0.39 is 0 Å². The number of piperazine rings is 1. The third kappa shape index (κ3) is 3.04. The van der Waals surface area contributed by atoms with E-state index in [1.54, 1.807) is 22.7 Å². The molecule has 2 fully saturated rings. The first-order valence-corrected chi connectivity index (χ1v) is 8.70. The molecule has 2 aliphatic rings. The van der Waals surface area contributed by atoms with Crippen molar-refractivity contribution in [3.8, 4) is 0 Å². The van der Waals surface area contributed by atoms with Gasteiger partial charge in [-0.25, -0.2) is 9.50 Å². The number of carbonyl (C=O) groups excluding carboxylic acids is 2. The van der Waals surface area contributed by atoms with Gasteiger partial charge in [-0.2, -0.15) is 0 Å². The zero-order chi connectivity index (χ0) is 17.4. The number of piperidine rings is 1. The molecule has 2 amide bonds. The second-order valence-corrected chi connectivity index (χ2v) is 6.74. The van der Waals surface area contributed by atoms with Crippen LogP contribution in [0.4, 0.5) is 5.82 Å². The molecule has 0 aromatic carbocycles. The summed E-state index contributed by atoms with van der Waals surface area (Å²) >= 11 is 0. The lowest BCUT2D eigenvalue weighted by Gasteiger charge is -2.38. The molecule has 0 spiro atoms. The molecule has 2 aromatic rings. The van der Waals surface area contributed by atoms with E-state index in [0.717, 1.165) is 24.6 Å². The van der Waals surface area contributed by atoms with Crippen molar-refractivity contribution in [2.24, 2.45) is 5.92 Å². The van der Waals surface area contributed by atoms with Crippen molar-refractivity contribution in [2.75, 3.05) is 44.7 Å². The fraction of sp³-hybridized carbons (Fsp3) is 0.529. The van der Waals surface area contributed by atoms with Gasteiger partial charge in [0.15, 0.2) is 5.65 Å². The van der Waals surface area contributed by atoms with E-state index in [-0.39, 0.29) is 17.7 Å². The molecule has 8 heteroatoms. The Kier molecular flexibility index (Phi) is 4.03. The summed E-state index contributed by atoms with van der Waals surface area (Å²) in [6, 6.07) is 3.93. The monoisotopic (exact) mass is 342 g/mol. The Morgan fingerprint density at radius 3 is 2.76 bits per heavy atom. The zero-order valence-electron chi connectivity index (χ0n) is 14.3. The zero-order valence-corrected chi connectivity index (χ0v) is 14.3. The lowest BCUT2D eigenvalue weighted by atomic mass is 9.96. The van der Waals surface area contributed by atoms with Crippen LogP contribution >= 0.6 is 0 Å². The van der Waals surface area contributed by atoms with Gasteiger partial charge >= 0.3 is 0 Å². The lowest BCUT2D eigenvalue weighted by molar-refractivity contribution is -0.142. The SMILES string of the molecule is CN1C[C@H](C(=O)N2CCN(c3ccc4nccn4n3)CC2)CCC1=O. The van der Waals surface area contributed by atoms with Crippen molar-refractivity contribution in [3.63, 3.8) is 0 Å². The number of amides is 2. The number of nitrogens with zero attached hydrogens (tertiary/aromatic N) is 6. The smallest absolute Gasteiger partial charge is 0.227 e. The van der Waals surface area contributed by atoms with Crippen molar-refractivity contribution in [1.29, 1.82) is 0 Å². The first-order chi connectivity index (χ1) is 12.1. The van der Waals surface area contributed by atoms with Gasteiger partial charge in [0.1, 0.15) is 5.82 Å². The highest BCUT2D eigenvalue weighted by Crippen LogP contribution is 2.21. The van der Waals surface area contributed by atoms with Crippen LogP contribution in [0.1, 0.15) is 12.8 Å². The number of anilines is 1. The minimum absolute atomic E-state index is 0.0605. The Bertz CT molecular complexity index is 795. The van der Waals surface area contributed by atoms with Crippen LogP contribution in [-0.2, 0) is 9.59 Å². The van der Waals surface area contributed by atoms with Crippen LogP contribution in [0, 0.1) is 5.92 Å². The summed E-state index contributed by atoms with van der Waals surface area (Å²) in [5, 5.41) is 4.57. The molecule has 4 rings (SSSR count). The predicted molar refractivity (Wildman–Crippen MR) is 92.1 cm³/mol. The van der Waals surface area contributed by atoms with Crippen LogP contribution in [0.25, 0.3) is 5.65 Å². The largest absolute Gasteiger partial charge is 0.352 e. The summed E-state index contributed by atoms with van der Waals surface area (Å²) in [6.45, 7) is 3.45. The normalized spacial score (nSPS) is 21.9. The molecule has 0 N–H and O–H groups in total. The average Bonchev–Trinajstić information content (AvgIpc) is 3.11. The van der Waals surface area contributed by atoms with Crippen LogP contribution in [0.3, 0.4) is 0 Å². The topological polar surface area (TPSA) is 74.1 Å². The minimum atomic E-state index is -0.0605. The summed E-state index contributed by atoms with van der Waals surface area (Å²) in [7, 11) is 1.78. The third-order valence-corrected chi connectivity index (χ3v) is 5.13. The molecular weight excluding hydrogens is 320 g/mol. The molecule has 0 bridgehead atoms. The molecule has 0 radical (unpaired) electrons. The van der Waals surface area contributed by atoms with E-state index in [2.05, 4.69) is 15.0 Å². The lowest BCUT2D eigenvalue weighted by Crippen LogP contribution is -2.53. The van der Waals surface area contributed by atoms with E-state index >= 15 is 0 Å². The fourth-order valence-electron chi connectivity index (χ4n) is 3.60. The molecule has 1 atom stereocenters. The number of fused-ring (bicyclic) bond motifs is 1. The quantitative estimate of drug-likeness (QED) is 0.782. The van der Waals surface area contributed by atoms with Crippen LogP contribution in [-0.4, -0.2) is 76.0 Å². The van der Waals surface area contributed by atoms with E-state index in [9.17, 15) is 9.59 Å². The van der Waals surface area contributed by atoms with Gasteiger partial charge in [0.25, 0.3) is 0 Å². The second kappa shape index (κ2) is 6.34. The third-order valence-electron chi connectivity index (χ3n) is 5.13.